The molecule has 242 valence electrons. The van der Waals surface area contributed by atoms with Crippen LogP contribution >= 0.6 is 0 Å². The number of carbonyl (C=O) groups is 2. The van der Waals surface area contributed by atoms with Gasteiger partial charge in [0.25, 0.3) is 15.9 Å². The second-order valence-electron chi connectivity index (χ2n) is 10.4. The number of anilines is 1. The molecule has 4 aromatic carbocycles. The minimum atomic E-state index is -3.94. The van der Waals surface area contributed by atoms with E-state index in [9.17, 15) is 22.4 Å². The molecule has 4 aromatic rings. The van der Waals surface area contributed by atoms with Gasteiger partial charge in [0.05, 0.1) is 4.90 Å². The molecule has 2 amide bonds. The topological polar surface area (TPSA) is 114 Å². The highest BCUT2D eigenvalue weighted by molar-refractivity contribution is 7.92. The van der Waals surface area contributed by atoms with Crippen molar-refractivity contribution in [2.45, 2.75) is 37.2 Å². The lowest BCUT2D eigenvalue weighted by molar-refractivity contribution is -0.142. The Morgan fingerprint density at radius 1 is 0.848 bits per heavy atom. The fraction of sp³-hybridized carbons (Fsp3) is 0.257. The number of hydrogen-bond donors (Lipinski definition) is 2. The molecule has 0 aliphatic carbocycles. The fourth-order valence-corrected chi connectivity index (χ4v) is 5.72. The zero-order valence-electron chi connectivity index (χ0n) is 25.6. The molecule has 0 heterocycles. The molecule has 2 N–H and O–H groups in total. The van der Waals surface area contributed by atoms with Gasteiger partial charge in [-0.05, 0) is 73.0 Å². The van der Waals surface area contributed by atoms with Crippen molar-refractivity contribution in [3.8, 4) is 5.75 Å². The summed E-state index contributed by atoms with van der Waals surface area (Å²) < 4.78 is 52.4. The molecule has 1 atom stereocenters. The van der Waals surface area contributed by atoms with Crippen LogP contribution in [0, 0.1) is 5.82 Å². The van der Waals surface area contributed by atoms with E-state index in [2.05, 4.69) is 10.0 Å². The second kappa shape index (κ2) is 17.1. The van der Waals surface area contributed by atoms with E-state index in [1.807, 2.05) is 67.6 Å². The number of hydrogen-bond acceptors (Lipinski definition) is 6. The van der Waals surface area contributed by atoms with E-state index in [4.69, 9.17) is 9.47 Å². The van der Waals surface area contributed by atoms with Gasteiger partial charge < -0.3 is 19.7 Å². The van der Waals surface area contributed by atoms with Crippen molar-refractivity contribution in [3.63, 3.8) is 0 Å². The summed E-state index contributed by atoms with van der Waals surface area (Å²) in [5.41, 5.74) is 1.96. The third kappa shape index (κ3) is 10.4. The van der Waals surface area contributed by atoms with E-state index >= 15 is 0 Å². The average molecular weight is 648 g/mol. The van der Waals surface area contributed by atoms with Crippen molar-refractivity contribution in [1.29, 1.82) is 0 Å². The van der Waals surface area contributed by atoms with Crippen LogP contribution in [0.5, 0.6) is 5.75 Å². The molecule has 0 aliphatic heterocycles. The Bertz CT molecular complexity index is 1640. The highest BCUT2D eigenvalue weighted by Gasteiger charge is 2.30. The number of halogens is 1. The van der Waals surface area contributed by atoms with Gasteiger partial charge in [-0.2, -0.15) is 0 Å². The van der Waals surface area contributed by atoms with Crippen LogP contribution in [0.1, 0.15) is 24.5 Å². The maximum absolute atomic E-state index is 13.8. The Morgan fingerprint density at radius 3 is 2.11 bits per heavy atom. The van der Waals surface area contributed by atoms with Crippen LogP contribution in [0.3, 0.4) is 0 Å². The summed E-state index contributed by atoms with van der Waals surface area (Å²) in [6, 6.07) is 28.6. The molecule has 0 aromatic heterocycles. The summed E-state index contributed by atoms with van der Waals surface area (Å²) in [5, 5.41) is 2.96. The van der Waals surface area contributed by atoms with Crippen LogP contribution in [0.15, 0.2) is 114 Å². The van der Waals surface area contributed by atoms with Crippen LogP contribution in [0.25, 0.3) is 0 Å². The number of ether oxygens (including phenoxy) is 2. The molecule has 11 heteroatoms. The van der Waals surface area contributed by atoms with E-state index in [1.54, 1.807) is 0 Å². The van der Waals surface area contributed by atoms with E-state index in [0.717, 1.165) is 23.3 Å². The lowest BCUT2D eigenvalue weighted by Crippen LogP contribution is -2.51. The first-order chi connectivity index (χ1) is 22.2. The van der Waals surface area contributed by atoms with Crippen LogP contribution in [0.2, 0.25) is 0 Å². The number of carbonyl (C=O) groups excluding carboxylic acids is 2. The number of nitrogens with one attached hydrogen (secondary N) is 2. The maximum atomic E-state index is 13.8. The van der Waals surface area contributed by atoms with E-state index in [1.165, 1.54) is 41.3 Å². The molecule has 0 radical (unpaired) electrons. The molecule has 46 heavy (non-hydrogen) atoms. The molecule has 0 aliphatic rings. The number of amides is 2. The normalized spacial score (nSPS) is 11.8. The van der Waals surface area contributed by atoms with Crippen molar-refractivity contribution in [2.24, 2.45) is 0 Å². The van der Waals surface area contributed by atoms with Gasteiger partial charge in [0, 0.05) is 38.4 Å². The van der Waals surface area contributed by atoms with Gasteiger partial charge in [-0.15, -0.1) is 0 Å². The van der Waals surface area contributed by atoms with Gasteiger partial charge >= 0.3 is 0 Å². The zero-order chi connectivity index (χ0) is 32.8. The largest absolute Gasteiger partial charge is 0.484 e. The standard InChI is InChI=1S/C35H38FN3O6S/c1-2-44-23-9-22-37-35(41)33(24-27-10-5-3-6-11-27)39(25-28-12-7-4-8-13-28)34(40)26-45-31-18-20-32(21-19-31)46(42,43)38-30-16-14-29(36)15-17-30/h3-8,10-21,33,38H,2,9,22-26H2,1H3,(H,37,41). The minimum absolute atomic E-state index is 0.0369. The summed E-state index contributed by atoms with van der Waals surface area (Å²) in [4.78, 5) is 28.9. The quantitative estimate of drug-likeness (QED) is 0.153. The van der Waals surface area contributed by atoms with Gasteiger partial charge in [-0.25, -0.2) is 12.8 Å². The number of nitrogens with zero attached hydrogens (tertiary/aromatic N) is 1. The SMILES string of the molecule is CCOCCCNC(=O)C(Cc1ccccc1)N(Cc1ccccc1)C(=O)COc1ccc(S(=O)(=O)Nc2ccc(F)cc2)cc1. The van der Waals surface area contributed by atoms with Gasteiger partial charge in [0.2, 0.25) is 5.91 Å². The summed E-state index contributed by atoms with van der Waals surface area (Å²) in [5.74, 6) is -0.906. The predicted octanol–water partition coefficient (Wildman–Crippen LogP) is 5.19. The van der Waals surface area contributed by atoms with Crippen molar-refractivity contribution >= 4 is 27.5 Å². The number of sulfonamides is 1. The Labute approximate surface area is 269 Å². The third-order valence-electron chi connectivity index (χ3n) is 7.03. The number of rotatable bonds is 17. The summed E-state index contributed by atoms with van der Waals surface area (Å²) in [6.45, 7) is 3.22. The molecule has 9 nitrogen and oxygen atoms in total. The Balaban J connectivity index is 1.49. The van der Waals surface area contributed by atoms with Crippen molar-refractivity contribution < 1.29 is 31.9 Å². The van der Waals surface area contributed by atoms with Crippen LogP contribution in [-0.2, 0) is 37.3 Å². The van der Waals surface area contributed by atoms with Crippen molar-refractivity contribution in [1.82, 2.24) is 10.2 Å². The smallest absolute Gasteiger partial charge is 0.261 e. The van der Waals surface area contributed by atoms with Gasteiger partial charge in [-0.3, -0.25) is 14.3 Å². The summed E-state index contributed by atoms with van der Waals surface area (Å²) in [6.07, 6.45) is 0.933. The van der Waals surface area contributed by atoms with Crippen LogP contribution in [0.4, 0.5) is 10.1 Å². The first-order valence-corrected chi connectivity index (χ1v) is 16.5. The average Bonchev–Trinajstić information content (AvgIpc) is 3.07. The monoisotopic (exact) mass is 647 g/mol. The molecule has 0 saturated heterocycles. The Hall–Kier alpha value is -4.74. The third-order valence-corrected chi connectivity index (χ3v) is 8.43. The van der Waals surface area contributed by atoms with Gasteiger partial charge in [-0.1, -0.05) is 60.7 Å². The highest BCUT2D eigenvalue weighted by atomic mass is 32.2. The van der Waals surface area contributed by atoms with Crippen LogP contribution < -0.4 is 14.8 Å². The molecule has 4 rings (SSSR count). The summed E-state index contributed by atoms with van der Waals surface area (Å²) in [7, 11) is -3.94. The predicted molar refractivity (Wildman–Crippen MR) is 174 cm³/mol. The highest BCUT2D eigenvalue weighted by Crippen LogP contribution is 2.21. The summed E-state index contributed by atoms with van der Waals surface area (Å²) >= 11 is 0. The molecular weight excluding hydrogens is 609 g/mol. The first kappa shape index (κ1) is 34.1. The second-order valence-corrected chi connectivity index (χ2v) is 12.1. The van der Waals surface area contributed by atoms with Gasteiger partial charge in [0.15, 0.2) is 6.61 Å². The van der Waals surface area contributed by atoms with E-state index < -0.39 is 27.8 Å². The molecule has 0 bridgehead atoms. The minimum Gasteiger partial charge on any atom is -0.484 e. The lowest BCUT2D eigenvalue weighted by Gasteiger charge is -2.31. The van der Waals surface area contributed by atoms with Gasteiger partial charge in [0.1, 0.15) is 17.6 Å². The Kier molecular flexibility index (Phi) is 12.7. The fourth-order valence-electron chi connectivity index (χ4n) is 4.66. The first-order valence-electron chi connectivity index (χ1n) is 15.0. The molecular formula is C35H38FN3O6S. The Morgan fingerprint density at radius 2 is 1.48 bits per heavy atom. The van der Waals surface area contributed by atoms with Crippen molar-refractivity contribution in [2.75, 3.05) is 31.1 Å². The molecule has 0 saturated carbocycles. The molecule has 0 fully saturated rings. The number of benzene rings is 4. The molecule has 0 spiro atoms. The van der Waals surface area contributed by atoms with Crippen LogP contribution in [-0.4, -0.2) is 57.5 Å². The maximum Gasteiger partial charge on any atom is 0.261 e. The van der Waals surface area contributed by atoms with E-state index in [0.29, 0.717) is 32.6 Å². The zero-order valence-corrected chi connectivity index (χ0v) is 26.4. The lowest BCUT2D eigenvalue weighted by atomic mass is 10.0. The van der Waals surface area contributed by atoms with E-state index in [-0.39, 0.29) is 35.4 Å². The molecule has 1 unspecified atom stereocenters. The van der Waals surface area contributed by atoms with Crippen molar-refractivity contribution in [3.05, 3.63) is 126 Å².